The van der Waals surface area contributed by atoms with Gasteiger partial charge in [0.05, 0.1) is 30.3 Å². The van der Waals surface area contributed by atoms with E-state index < -0.39 is 28.3 Å². The number of hydrogen-bond acceptors (Lipinski definition) is 5. The van der Waals surface area contributed by atoms with Crippen molar-refractivity contribution in [2.24, 2.45) is 0 Å². The number of ether oxygens (including phenoxy) is 2. The molecule has 34 heavy (non-hydrogen) atoms. The zero-order chi connectivity index (χ0) is 24.7. The van der Waals surface area contributed by atoms with Crippen molar-refractivity contribution in [1.29, 1.82) is 0 Å². The van der Waals surface area contributed by atoms with E-state index in [0.29, 0.717) is 18.1 Å². The van der Waals surface area contributed by atoms with Gasteiger partial charge >= 0.3 is 0 Å². The van der Waals surface area contributed by atoms with Crippen LogP contribution in [0.25, 0.3) is 0 Å². The van der Waals surface area contributed by atoms with Gasteiger partial charge in [-0.2, -0.15) is 0 Å². The predicted molar refractivity (Wildman–Crippen MR) is 128 cm³/mol. The standard InChI is InChI=1S/C25H27FN2O5S/c1-4-33-23-13-15-24(16-14-23)34(30,31)28(21-9-7-20(26)8-10-21)17-25(29)27-18(2)19-5-11-22(32-3)12-6-19/h5-16,18H,4,17H2,1-3H3,(H,27,29)/t18-/m0/s1. The number of nitrogens with one attached hydrogen (secondary N) is 1. The van der Waals surface area contributed by atoms with Crippen LogP contribution in [-0.4, -0.2) is 34.6 Å². The van der Waals surface area contributed by atoms with Gasteiger partial charge in [0.15, 0.2) is 0 Å². The van der Waals surface area contributed by atoms with Gasteiger partial charge in [-0.05, 0) is 80.1 Å². The second-order valence-corrected chi connectivity index (χ2v) is 9.32. The van der Waals surface area contributed by atoms with E-state index in [0.717, 1.165) is 22.0 Å². The molecule has 0 saturated heterocycles. The van der Waals surface area contributed by atoms with Crippen molar-refractivity contribution in [1.82, 2.24) is 5.32 Å². The lowest BCUT2D eigenvalue weighted by atomic mass is 10.1. The van der Waals surface area contributed by atoms with E-state index in [2.05, 4.69) is 5.32 Å². The van der Waals surface area contributed by atoms with Crippen LogP contribution in [-0.2, 0) is 14.8 Å². The summed E-state index contributed by atoms with van der Waals surface area (Å²) in [6, 6.07) is 17.7. The molecule has 1 amide bonds. The smallest absolute Gasteiger partial charge is 0.264 e. The number of methoxy groups -OCH3 is 1. The fourth-order valence-corrected chi connectivity index (χ4v) is 4.74. The normalized spacial score (nSPS) is 12.0. The maximum absolute atomic E-state index is 13.5. The Bertz CT molecular complexity index is 1200. The molecule has 180 valence electrons. The number of amides is 1. The Labute approximate surface area is 199 Å². The molecule has 7 nitrogen and oxygen atoms in total. The van der Waals surface area contributed by atoms with Crippen molar-refractivity contribution in [3.05, 3.63) is 84.2 Å². The maximum atomic E-state index is 13.5. The Morgan fingerprint density at radius 1 is 0.971 bits per heavy atom. The average Bonchev–Trinajstić information content (AvgIpc) is 2.83. The molecule has 3 aromatic carbocycles. The van der Waals surface area contributed by atoms with Crippen molar-refractivity contribution >= 4 is 21.6 Å². The topological polar surface area (TPSA) is 84.9 Å². The lowest BCUT2D eigenvalue weighted by molar-refractivity contribution is -0.120. The van der Waals surface area contributed by atoms with Crippen molar-refractivity contribution in [2.45, 2.75) is 24.8 Å². The van der Waals surface area contributed by atoms with Crippen molar-refractivity contribution in [2.75, 3.05) is 24.6 Å². The highest BCUT2D eigenvalue weighted by Crippen LogP contribution is 2.26. The molecule has 1 atom stereocenters. The van der Waals surface area contributed by atoms with Crippen LogP contribution >= 0.6 is 0 Å². The van der Waals surface area contributed by atoms with E-state index >= 15 is 0 Å². The molecular weight excluding hydrogens is 459 g/mol. The van der Waals surface area contributed by atoms with Gasteiger partial charge in [0.2, 0.25) is 5.91 Å². The monoisotopic (exact) mass is 486 g/mol. The van der Waals surface area contributed by atoms with Gasteiger partial charge in [0, 0.05) is 0 Å². The molecule has 3 rings (SSSR count). The second kappa shape index (κ2) is 11.0. The van der Waals surface area contributed by atoms with Gasteiger partial charge in [0.1, 0.15) is 23.9 Å². The van der Waals surface area contributed by atoms with Crippen LogP contribution in [0.15, 0.2) is 77.7 Å². The number of nitrogens with zero attached hydrogens (tertiary/aromatic N) is 1. The lowest BCUT2D eigenvalue weighted by Crippen LogP contribution is -2.41. The molecular formula is C25H27FN2O5S. The molecule has 0 fully saturated rings. The van der Waals surface area contributed by atoms with Gasteiger partial charge in [-0.25, -0.2) is 12.8 Å². The summed E-state index contributed by atoms with van der Waals surface area (Å²) in [4.78, 5) is 12.9. The third-order valence-electron chi connectivity index (χ3n) is 5.12. The van der Waals surface area contributed by atoms with E-state index in [9.17, 15) is 17.6 Å². The van der Waals surface area contributed by atoms with Crippen molar-refractivity contribution in [3.63, 3.8) is 0 Å². The van der Waals surface area contributed by atoms with Crippen LogP contribution in [0.4, 0.5) is 10.1 Å². The summed E-state index contributed by atoms with van der Waals surface area (Å²) in [7, 11) is -2.56. The van der Waals surface area contributed by atoms with Crippen molar-refractivity contribution < 1.29 is 27.1 Å². The van der Waals surface area contributed by atoms with Gasteiger partial charge < -0.3 is 14.8 Å². The first-order chi connectivity index (χ1) is 16.2. The van der Waals surface area contributed by atoms with E-state index in [1.54, 1.807) is 38.3 Å². The molecule has 0 aliphatic rings. The molecule has 0 heterocycles. The van der Waals surface area contributed by atoms with Gasteiger partial charge in [-0.1, -0.05) is 12.1 Å². The van der Waals surface area contributed by atoms with Crippen molar-refractivity contribution in [3.8, 4) is 11.5 Å². The molecule has 0 aliphatic heterocycles. The molecule has 1 N–H and O–H groups in total. The zero-order valence-electron chi connectivity index (χ0n) is 19.2. The SMILES string of the molecule is CCOc1ccc(S(=O)(=O)N(CC(=O)N[C@@H](C)c2ccc(OC)cc2)c2ccc(F)cc2)cc1. The third-order valence-corrected chi connectivity index (χ3v) is 6.91. The first kappa shape index (κ1) is 25.0. The average molecular weight is 487 g/mol. The van der Waals surface area contributed by atoms with Crippen LogP contribution in [0.3, 0.4) is 0 Å². The summed E-state index contributed by atoms with van der Waals surface area (Å²) < 4.78 is 51.9. The summed E-state index contributed by atoms with van der Waals surface area (Å²) in [6.45, 7) is 3.58. The highest BCUT2D eigenvalue weighted by atomic mass is 32.2. The first-order valence-electron chi connectivity index (χ1n) is 10.7. The van der Waals surface area contributed by atoms with E-state index in [1.165, 1.54) is 24.3 Å². The minimum Gasteiger partial charge on any atom is -0.497 e. The summed E-state index contributed by atoms with van der Waals surface area (Å²) in [5.41, 5.74) is 0.999. The summed E-state index contributed by atoms with van der Waals surface area (Å²) >= 11 is 0. The number of sulfonamides is 1. The molecule has 0 radical (unpaired) electrons. The Balaban J connectivity index is 1.85. The number of carbonyl (C=O) groups excluding carboxylic acids is 1. The fraction of sp³-hybridized carbons (Fsp3) is 0.240. The maximum Gasteiger partial charge on any atom is 0.264 e. The molecule has 0 aromatic heterocycles. The summed E-state index contributed by atoms with van der Waals surface area (Å²) in [5, 5.41) is 2.81. The largest absolute Gasteiger partial charge is 0.497 e. The fourth-order valence-electron chi connectivity index (χ4n) is 3.32. The molecule has 9 heteroatoms. The second-order valence-electron chi connectivity index (χ2n) is 7.45. The van der Waals surface area contributed by atoms with Crippen LogP contribution in [0.2, 0.25) is 0 Å². The van der Waals surface area contributed by atoms with Crippen LogP contribution in [0.5, 0.6) is 11.5 Å². The molecule has 0 unspecified atom stereocenters. The van der Waals surface area contributed by atoms with Crippen LogP contribution in [0.1, 0.15) is 25.5 Å². The Hall–Kier alpha value is -3.59. The number of hydrogen-bond donors (Lipinski definition) is 1. The number of halogens is 1. The minimum absolute atomic E-state index is 0.0173. The highest BCUT2D eigenvalue weighted by molar-refractivity contribution is 7.92. The number of rotatable bonds is 10. The summed E-state index contributed by atoms with van der Waals surface area (Å²) in [5.74, 6) is 0.189. The molecule has 3 aromatic rings. The third kappa shape index (κ3) is 6.05. The predicted octanol–water partition coefficient (Wildman–Crippen LogP) is 4.31. The quantitative estimate of drug-likeness (QED) is 0.462. The minimum atomic E-state index is -4.13. The van der Waals surface area contributed by atoms with Crippen LogP contribution < -0.4 is 19.1 Å². The van der Waals surface area contributed by atoms with E-state index in [4.69, 9.17) is 9.47 Å². The number of benzene rings is 3. The lowest BCUT2D eigenvalue weighted by Gasteiger charge is -2.25. The summed E-state index contributed by atoms with van der Waals surface area (Å²) in [6.07, 6.45) is 0. The van der Waals surface area contributed by atoms with Crippen LogP contribution in [0, 0.1) is 5.82 Å². The molecule has 0 spiro atoms. The molecule has 0 saturated carbocycles. The molecule has 0 bridgehead atoms. The van der Waals surface area contributed by atoms with Gasteiger partial charge in [-0.15, -0.1) is 0 Å². The Morgan fingerprint density at radius 2 is 1.56 bits per heavy atom. The zero-order valence-corrected chi connectivity index (χ0v) is 20.0. The van der Waals surface area contributed by atoms with E-state index in [1.807, 2.05) is 19.1 Å². The highest BCUT2D eigenvalue weighted by Gasteiger charge is 2.28. The molecule has 0 aliphatic carbocycles. The Kier molecular flexibility index (Phi) is 8.12. The van der Waals surface area contributed by atoms with Gasteiger partial charge in [0.25, 0.3) is 10.0 Å². The number of carbonyl (C=O) groups is 1. The van der Waals surface area contributed by atoms with Gasteiger partial charge in [-0.3, -0.25) is 9.10 Å². The number of anilines is 1. The first-order valence-corrected chi connectivity index (χ1v) is 12.1. The van der Waals surface area contributed by atoms with E-state index in [-0.39, 0.29) is 16.6 Å². The Morgan fingerprint density at radius 3 is 2.12 bits per heavy atom.